The van der Waals surface area contributed by atoms with Gasteiger partial charge in [-0.3, -0.25) is 4.79 Å². The minimum atomic E-state index is 0.219. The summed E-state index contributed by atoms with van der Waals surface area (Å²) in [5, 5.41) is 0. The standard InChI is InChI=1S/C13H18O/c14-13(11-7-3-1-4-8-11)12-9-5-2-6-10-12/h3,5,7,9,11-12H,1-2,4,6,8,10H2. The first kappa shape index (κ1) is 9.70. The van der Waals surface area contributed by atoms with Gasteiger partial charge in [-0.2, -0.15) is 0 Å². The fourth-order valence-corrected chi connectivity index (χ4v) is 2.37. The Bertz CT molecular complexity index is 236. The van der Waals surface area contributed by atoms with Crippen molar-refractivity contribution in [2.75, 3.05) is 0 Å². The Morgan fingerprint density at radius 2 is 1.43 bits per heavy atom. The molecule has 0 aromatic heterocycles. The van der Waals surface area contributed by atoms with Gasteiger partial charge in [0.25, 0.3) is 0 Å². The van der Waals surface area contributed by atoms with Crippen LogP contribution in [-0.2, 0) is 4.79 Å². The zero-order valence-electron chi connectivity index (χ0n) is 8.61. The molecule has 76 valence electrons. The van der Waals surface area contributed by atoms with Gasteiger partial charge in [-0.25, -0.2) is 0 Å². The van der Waals surface area contributed by atoms with Gasteiger partial charge in [-0.05, 0) is 38.5 Å². The van der Waals surface area contributed by atoms with E-state index in [2.05, 4.69) is 24.3 Å². The largest absolute Gasteiger partial charge is 0.298 e. The normalized spacial score (nSPS) is 31.7. The molecule has 2 aliphatic carbocycles. The van der Waals surface area contributed by atoms with Crippen LogP contribution in [0, 0.1) is 11.8 Å². The smallest absolute Gasteiger partial charge is 0.146 e. The molecule has 0 fully saturated rings. The van der Waals surface area contributed by atoms with Crippen molar-refractivity contribution < 1.29 is 4.79 Å². The number of hydrogen-bond acceptors (Lipinski definition) is 1. The number of allylic oxidation sites excluding steroid dienone is 4. The maximum absolute atomic E-state index is 12.1. The molecule has 0 amide bonds. The summed E-state index contributed by atoms with van der Waals surface area (Å²) in [6, 6.07) is 0. The zero-order valence-corrected chi connectivity index (χ0v) is 8.61. The quantitative estimate of drug-likeness (QED) is 0.611. The molecule has 0 spiro atoms. The van der Waals surface area contributed by atoms with Gasteiger partial charge in [0.2, 0.25) is 0 Å². The van der Waals surface area contributed by atoms with Crippen LogP contribution < -0.4 is 0 Å². The summed E-state index contributed by atoms with van der Waals surface area (Å²) in [5.74, 6) is 0.893. The first-order valence-electron chi connectivity index (χ1n) is 5.75. The molecule has 2 atom stereocenters. The molecule has 0 saturated heterocycles. The van der Waals surface area contributed by atoms with Gasteiger partial charge in [0.05, 0.1) is 0 Å². The maximum atomic E-state index is 12.1. The van der Waals surface area contributed by atoms with Crippen molar-refractivity contribution in [2.24, 2.45) is 11.8 Å². The third-order valence-electron chi connectivity index (χ3n) is 3.24. The Morgan fingerprint density at radius 3 is 1.79 bits per heavy atom. The second-order valence-corrected chi connectivity index (χ2v) is 4.33. The molecule has 0 N–H and O–H groups in total. The highest BCUT2D eigenvalue weighted by Gasteiger charge is 2.24. The molecular weight excluding hydrogens is 172 g/mol. The molecule has 0 radical (unpaired) electrons. The molecule has 0 saturated carbocycles. The first-order chi connectivity index (χ1) is 6.88. The first-order valence-corrected chi connectivity index (χ1v) is 5.75. The summed E-state index contributed by atoms with van der Waals surface area (Å²) >= 11 is 0. The highest BCUT2D eigenvalue weighted by molar-refractivity contribution is 5.86. The van der Waals surface area contributed by atoms with Crippen molar-refractivity contribution >= 4 is 5.78 Å². The highest BCUT2D eigenvalue weighted by Crippen LogP contribution is 2.26. The summed E-state index contributed by atoms with van der Waals surface area (Å²) in [5.41, 5.74) is 0. The summed E-state index contributed by atoms with van der Waals surface area (Å²) in [4.78, 5) is 12.1. The van der Waals surface area contributed by atoms with Gasteiger partial charge in [0, 0.05) is 11.8 Å². The van der Waals surface area contributed by atoms with Crippen LogP contribution in [0.3, 0.4) is 0 Å². The number of rotatable bonds is 2. The predicted molar refractivity (Wildman–Crippen MR) is 58.0 cm³/mol. The van der Waals surface area contributed by atoms with E-state index in [0.29, 0.717) is 5.78 Å². The lowest BCUT2D eigenvalue weighted by molar-refractivity contribution is -0.124. The van der Waals surface area contributed by atoms with Crippen molar-refractivity contribution in [1.29, 1.82) is 0 Å². The summed E-state index contributed by atoms with van der Waals surface area (Å²) in [6.45, 7) is 0. The molecule has 2 unspecified atom stereocenters. The van der Waals surface area contributed by atoms with E-state index in [-0.39, 0.29) is 11.8 Å². The van der Waals surface area contributed by atoms with Gasteiger partial charge >= 0.3 is 0 Å². The summed E-state index contributed by atoms with van der Waals surface area (Å²) < 4.78 is 0. The topological polar surface area (TPSA) is 17.1 Å². The van der Waals surface area contributed by atoms with E-state index in [1.807, 2.05) is 0 Å². The minimum Gasteiger partial charge on any atom is -0.298 e. The third-order valence-corrected chi connectivity index (χ3v) is 3.24. The Labute approximate surface area is 85.9 Å². The zero-order chi connectivity index (χ0) is 9.80. The minimum absolute atomic E-state index is 0.219. The lowest BCUT2D eigenvalue weighted by Gasteiger charge is -2.21. The van der Waals surface area contributed by atoms with Gasteiger partial charge in [0.1, 0.15) is 5.78 Å². The molecule has 0 aromatic carbocycles. The van der Waals surface area contributed by atoms with E-state index in [1.165, 1.54) is 12.8 Å². The van der Waals surface area contributed by atoms with Crippen LogP contribution in [0.15, 0.2) is 24.3 Å². The van der Waals surface area contributed by atoms with E-state index < -0.39 is 0 Å². The highest BCUT2D eigenvalue weighted by atomic mass is 16.1. The van der Waals surface area contributed by atoms with Gasteiger partial charge in [-0.15, -0.1) is 0 Å². The monoisotopic (exact) mass is 190 g/mol. The fraction of sp³-hybridized carbons (Fsp3) is 0.615. The van der Waals surface area contributed by atoms with Crippen LogP contribution in [0.1, 0.15) is 38.5 Å². The lowest BCUT2D eigenvalue weighted by Crippen LogP contribution is -2.23. The Morgan fingerprint density at radius 1 is 0.929 bits per heavy atom. The number of hydrogen-bond donors (Lipinski definition) is 0. The second kappa shape index (κ2) is 4.59. The Kier molecular flexibility index (Phi) is 3.18. The van der Waals surface area contributed by atoms with Crippen LogP contribution in [0.4, 0.5) is 0 Å². The molecule has 0 aromatic rings. The number of ketones is 1. The molecule has 1 heteroatoms. The second-order valence-electron chi connectivity index (χ2n) is 4.33. The predicted octanol–water partition coefficient (Wildman–Crippen LogP) is 3.27. The van der Waals surface area contributed by atoms with Gasteiger partial charge in [0.15, 0.2) is 0 Å². The number of carbonyl (C=O) groups excluding carboxylic acids is 1. The third kappa shape index (κ3) is 2.14. The van der Waals surface area contributed by atoms with E-state index in [4.69, 9.17) is 0 Å². The van der Waals surface area contributed by atoms with Crippen LogP contribution >= 0.6 is 0 Å². The SMILES string of the molecule is O=C(C1C=CCCC1)C1C=CCCC1. The van der Waals surface area contributed by atoms with Crippen LogP contribution in [0.25, 0.3) is 0 Å². The maximum Gasteiger partial charge on any atom is 0.146 e. The average molecular weight is 190 g/mol. The van der Waals surface area contributed by atoms with Crippen molar-refractivity contribution in [2.45, 2.75) is 38.5 Å². The van der Waals surface area contributed by atoms with Crippen LogP contribution in [0.5, 0.6) is 0 Å². The number of carbonyl (C=O) groups is 1. The van der Waals surface area contributed by atoms with Crippen LogP contribution in [0.2, 0.25) is 0 Å². The molecule has 2 rings (SSSR count). The molecular formula is C13H18O. The molecule has 0 aliphatic heterocycles. The molecule has 14 heavy (non-hydrogen) atoms. The molecule has 0 bridgehead atoms. The van der Waals surface area contributed by atoms with E-state index in [9.17, 15) is 4.79 Å². The van der Waals surface area contributed by atoms with Crippen molar-refractivity contribution in [3.63, 3.8) is 0 Å². The summed E-state index contributed by atoms with van der Waals surface area (Å²) in [7, 11) is 0. The van der Waals surface area contributed by atoms with Crippen molar-refractivity contribution in [1.82, 2.24) is 0 Å². The van der Waals surface area contributed by atoms with E-state index in [1.54, 1.807) is 0 Å². The fourth-order valence-electron chi connectivity index (χ4n) is 2.37. The van der Waals surface area contributed by atoms with Crippen molar-refractivity contribution in [3.05, 3.63) is 24.3 Å². The van der Waals surface area contributed by atoms with Gasteiger partial charge < -0.3 is 0 Å². The van der Waals surface area contributed by atoms with Crippen LogP contribution in [-0.4, -0.2) is 5.78 Å². The molecule has 2 aliphatic rings. The summed E-state index contributed by atoms with van der Waals surface area (Å²) in [6.07, 6.45) is 15.4. The lowest BCUT2D eigenvalue weighted by atomic mass is 9.82. The van der Waals surface area contributed by atoms with E-state index in [0.717, 1.165) is 25.7 Å². The Hall–Kier alpha value is -0.850. The number of Topliss-reactive ketones (excluding diaryl/α,β-unsaturated/α-hetero) is 1. The molecule has 1 nitrogen and oxygen atoms in total. The Balaban J connectivity index is 1.99. The average Bonchev–Trinajstić information content (AvgIpc) is 2.30. The van der Waals surface area contributed by atoms with Crippen molar-refractivity contribution in [3.8, 4) is 0 Å². The van der Waals surface area contributed by atoms with Gasteiger partial charge in [-0.1, -0.05) is 24.3 Å². The van der Waals surface area contributed by atoms with E-state index >= 15 is 0 Å². The molecule has 0 heterocycles.